The predicted octanol–water partition coefficient (Wildman–Crippen LogP) is 11.0. The van der Waals surface area contributed by atoms with Crippen LogP contribution in [0.5, 0.6) is 0 Å². The molecule has 0 aliphatic rings. The smallest absolute Gasteiger partial charge is 0.0991 e. The highest BCUT2D eigenvalue weighted by atomic mass is 14.3. The molecule has 2 heteroatoms. The number of hydrogen-bond donors (Lipinski definition) is 0. The molecular formula is C42H24N2. The lowest BCUT2D eigenvalue weighted by Gasteiger charge is -2.21. The van der Waals surface area contributed by atoms with Crippen LogP contribution in [0.3, 0.4) is 0 Å². The summed E-state index contributed by atoms with van der Waals surface area (Å²) in [7, 11) is 0. The van der Waals surface area contributed by atoms with Gasteiger partial charge in [0.2, 0.25) is 0 Å². The lowest BCUT2D eigenvalue weighted by Crippen LogP contribution is -1.94. The Bertz CT molecular complexity index is 2370. The van der Waals surface area contributed by atoms with Crippen molar-refractivity contribution >= 4 is 32.3 Å². The maximum atomic E-state index is 9.73. The first-order chi connectivity index (χ1) is 21.7. The number of hydrogen-bond acceptors (Lipinski definition) is 2. The van der Waals surface area contributed by atoms with Gasteiger partial charge in [-0.1, -0.05) is 109 Å². The molecule has 0 amide bonds. The molecule has 0 aliphatic heterocycles. The van der Waals surface area contributed by atoms with Crippen molar-refractivity contribution < 1.29 is 0 Å². The van der Waals surface area contributed by atoms with Crippen molar-refractivity contribution in [3.63, 3.8) is 0 Å². The quantitative estimate of drug-likeness (QED) is 0.202. The van der Waals surface area contributed by atoms with Gasteiger partial charge < -0.3 is 0 Å². The molecule has 8 aromatic rings. The predicted molar refractivity (Wildman–Crippen MR) is 181 cm³/mol. The van der Waals surface area contributed by atoms with Gasteiger partial charge in [-0.2, -0.15) is 10.5 Å². The third-order valence-corrected chi connectivity index (χ3v) is 8.70. The number of rotatable bonds is 4. The average Bonchev–Trinajstić information content (AvgIpc) is 3.11. The van der Waals surface area contributed by atoms with E-state index in [-0.39, 0.29) is 0 Å². The van der Waals surface area contributed by atoms with E-state index in [1.165, 1.54) is 43.8 Å². The summed E-state index contributed by atoms with van der Waals surface area (Å²) < 4.78 is 0. The van der Waals surface area contributed by atoms with Crippen molar-refractivity contribution in [2.45, 2.75) is 0 Å². The van der Waals surface area contributed by atoms with Crippen LogP contribution in [-0.4, -0.2) is 0 Å². The van der Waals surface area contributed by atoms with Gasteiger partial charge in [0, 0.05) is 0 Å². The van der Waals surface area contributed by atoms with Gasteiger partial charge in [0.25, 0.3) is 0 Å². The van der Waals surface area contributed by atoms with Crippen LogP contribution in [-0.2, 0) is 0 Å². The molecular weight excluding hydrogens is 532 g/mol. The first-order valence-electron chi connectivity index (χ1n) is 14.6. The van der Waals surface area contributed by atoms with Crippen LogP contribution in [0.1, 0.15) is 11.1 Å². The maximum Gasteiger partial charge on any atom is 0.0991 e. The van der Waals surface area contributed by atoms with E-state index in [4.69, 9.17) is 0 Å². The Labute approximate surface area is 255 Å². The summed E-state index contributed by atoms with van der Waals surface area (Å²) in [6, 6.07) is 55.1. The van der Waals surface area contributed by atoms with Crippen LogP contribution in [0.2, 0.25) is 0 Å². The van der Waals surface area contributed by atoms with Crippen molar-refractivity contribution in [1.29, 1.82) is 10.5 Å². The van der Waals surface area contributed by atoms with Crippen LogP contribution in [0.4, 0.5) is 0 Å². The summed E-state index contributed by atoms with van der Waals surface area (Å²) >= 11 is 0. The Morgan fingerprint density at radius 3 is 1.18 bits per heavy atom. The van der Waals surface area contributed by atoms with E-state index >= 15 is 0 Å². The minimum absolute atomic E-state index is 0.630. The van der Waals surface area contributed by atoms with Crippen molar-refractivity contribution in [2.75, 3.05) is 0 Å². The van der Waals surface area contributed by atoms with Crippen molar-refractivity contribution in [3.05, 3.63) is 157 Å². The molecule has 0 spiro atoms. The van der Waals surface area contributed by atoms with E-state index in [0.717, 1.165) is 33.0 Å². The van der Waals surface area contributed by atoms with E-state index in [0.29, 0.717) is 11.1 Å². The summed E-state index contributed by atoms with van der Waals surface area (Å²) in [5.74, 6) is 0. The molecule has 0 unspecified atom stereocenters. The maximum absolute atomic E-state index is 9.73. The zero-order valence-electron chi connectivity index (χ0n) is 23.8. The van der Waals surface area contributed by atoms with Gasteiger partial charge in [-0.05, 0) is 113 Å². The van der Waals surface area contributed by atoms with Crippen LogP contribution >= 0.6 is 0 Å². The molecule has 0 atom stereocenters. The fraction of sp³-hybridized carbons (Fsp3) is 0. The van der Waals surface area contributed by atoms with E-state index < -0.39 is 0 Å². The van der Waals surface area contributed by atoms with E-state index in [2.05, 4.69) is 115 Å². The minimum Gasteiger partial charge on any atom is -0.192 e. The average molecular weight is 557 g/mol. The molecule has 0 N–H and O–H groups in total. The fourth-order valence-electron chi connectivity index (χ4n) is 6.66. The molecule has 2 nitrogen and oxygen atoms in total. The SMILES string of the molecule is N#Cc1ccc(-c2cc(-c3cccc(C#N)c3)c3ccc4c(-c5ccccc5)cc(-c5ccccc5)c5ccc2c3c54)cc1. The van der Waals surface area contributed by atoms with Gasteiger partial charge in [0.05, 0.1) is 23.3 Å². The second kappa shape index (κ2) is 10.2. The first-order valence-corrected chi connectivity index (χ1v) is 14.6. The van der Waals surface area contributed by atoms with Crippen molar-refractivity contribution in [1.82, 2.24) is 0 Å². The summed E-state index contributed by atoms with van der Waals surface area (Å²) in [4.78, 5) is 0. The highest BCUT2D eigenvalue weighted by Crippen LogP contribution is 2.48. The van der Waals surface area contributed by atoms with Gasteiger partial charge in [-0.3, -0.25) is 0 Å². The van der Waals surface area contributed by atoms with Gasteiger partial charge in [0.15, 0.2) is 0 Å². The normalized spacial score (nSPS) is 11.1. The van der Waals surface area contributed by atoms with Crippen LogP contribution in [0.25, 0.3) is 76.8 Å². The standard InChI is InChI=1S/C42H24N2/c43-25-27-14-16-31(17-15-27)39-24-40(32-13-7-8-28(22-32)26-44)36-21-20-34-38(30-11-5-2-6-12-30)23-37(29-9-3-1-4-10-29)33-18-19-35(39)42(36)41(33)34/h1-24H. The lowest BCUT2D eigenvalue weighted by atomic mass is 9.82. The molecule has 8 aromatic carbocycles. The third kappa shape index (κ3) is 4.02. The van der Waals surface area contributed by atoms with Gasteiger partial charge in [0.1, 0.15) is 0 Å². The van der Waals surface area contributed by atoms with E-state index in [9.17, 15) is 10.5 Å². The topological polar surface area (TPSA) is 47.6 Å². The zero-order valence-corrected chi connectivity index (χ0v) is 23.8. The van der Waals surface area contributed by atoms with Crippen LogP contribution in [0.15, 0.2) is 146 Å². The van der Waals surface area contributed by atoms with E-state index in [1.54, 1.807) is 0 Å². The van der Waals surface area contributed by atoms with Gasteiger partial charge in [-0.25, -0.2) is 0 Å². The van der Waals surface area contributed by atoms with Gasteiger partial charge in [-0.15, -0.1) is 0 Å². The Morgan fingerprint density at radius 1 is 0.318 bits per heavy atom. The monoisotopic (exact) mass is 556 g/mol. The Hall–Kier alpha value is -6.22. The summed E-state index contributed by atoms with van der Waals surface area (Å²) in [6.45, 7) is 0. The molecule has 8 rings (SSSR count). The first kappa shape index (κ1) is 25.5. The second-order valence-corrected chi connectivity index (χ2v) is 11.1. The fourth-order valence-corrected chi connectivity index (χ4v) is 6.66. The third-order valence-electron chi connectivity index (χ3n) is 8.70. The number of nitriles is 2. The molecule has 0 fully saturated rings. The van der Waals surface area contributed by atoms with Crippen LogP contribution in [0, 0.1) is 22.7 Å². The zero-order chi connectivity index (χ0) is 29.6. The number of nitrogens with zero attached hydrogens (tertiary/aromatic N) is 2. The summed E-state index contributed by atoms with van der Waals surface area (Å²) in [5, 5.41) is 26.3. The molecule has 0 aliphatic carbocycles. The van der Waals surface area contributed by atoms with Gasteiger partial charge >= 0.3 is 0 Å². The highest BCUT2D eigenvalue weighted by Gasteiger charge is 2.21. The highest BCUT2D eigenvalue weighted by molar-refractivity contribution is 6.31. The Morgan fingerprint density at radius 2 is 0.727 bits per heavy atom. The molecule has 0 bridgehead atoms. The van der Waals surface area contributed by atoms with Crippen molar-refractivity contribution in [2.24, 2.45) is 0 Å². The Balaban J connectivity index is 1.57. The molecule has 0 aromatic heterocycles. The molecule has 0 saturated heterocycles. The van der Waals surface area contributed by atoms with Crippen LogP contribution < -0.4 is 0 Å². The molecule has 202 valence electrons. The summed E-state index contributed by atoms with van der Waals surface area (Å²) in [6.07, 6.45) is 0. The molecule has 0 heterocycles. The second-order valence-electron chi connectivity index (χ2n) is 11.1. The molecule has 0 saturated carbocycles. The van der Waals surface area contributed by atoms with E-state index in [1.807, 2.05) is 42.5 Å². The summed E-state index contributed by atoms with van der Waals surface area (Å²) in [5.41, 5.74) is 10.2. The number of benzene rings is 8. The molecule has 0 radical (unpaired) electrons. The largest absolute Gasteiger partial charge is 0.192 e. The Kier molecular flexibility index (Phi) is 5.94. The minimum atomic E-state index is 0.630. The molecule has 44 heavy (non-hydrogen) atoms. The lowest BCUT2D eigenvalue weighted by molar-refractivity contribution is 1.48. The van der Waals surface area contributed by atoms with Crippen molar-refractivity contribution in [3.8, 4) is 56.6 Å².